The predicted octanol–water partition coefficient (Wildman–Crippen LogP) is 4.25. The summed E-state index contributed by atoms with van der Waals surface area (Å²) in [5, 5.41) is 13.0. The molecule has 2 heterocycles. The Bertz CT molecular complexity index is 964. The van der Waals surface area contributed by atoms with Gasteiger partial charge >= 0.3 is 0 Å². The summed E-state index contributed by atoms with van der Waals surface area (Å²) in [6.07, 6.45) is 6.58. The molecule has 0 aliphatic rings. The van der Waals surface area contributed by atoms with Crippen LogP contribution < -0.4 is 5.01 Å². The Kier molecular flexibility index (Phi) is 4.09. The van der Waals surface area contributed by atoms with Gasteiger partial charge in [-0.25, -0.2) is 0 Å². The van der Waals surface area contributed by atoms with Crippen LogP contribution in [0.2, 0.25) is 0 Å². The Morgan fingerprint density at radius 1 is 0.920 bits per heavy atom. The third-order valence-corrected chi connectivity index (χ3v) is 4.33. The second-order valence-corrected chi connectivity index (χ2v) is 5.97. The van der Waals surface area contributed by atoms with E-state index in [9.17, 15) is 5.11 Å². The van der Waals surface area contributed by atoms with Gasteiger partial charge in [0.2, 0.25) is 0 Å². The highest BCUT2D eigenvalue weighted by Crippen LogP contribution is 2.24. The minimum atomic E-state index is 0.282. The first-order valence-electron chi connectivity index (χ1n) is 8.33. The Hall–Kier alpha value is -3.27. The number of benzene rings is 2. The van der Waals surface area contributed by atoms with Crippen LogP contribution in [0.4, 0.5) is 5.69 Å². The van der Waals surface area contributed by atoms with Crippen molar-refractivity contribution in [2.75, 3.05) is 11.6 Å². The van der Waals surface area contributed by atoms with Gasteiger partial charge in [0.1, 0.15) is 5.75 Å². The van der Waals surface area contributed by atoms with E-state index in [1.165, 1.54) is 5.56 Å². The SMILES string of the molecule is Oc1ccc2c(ccn2N(CCc2ccccc2)c2ccncc2)c1. The number of aromatic nitrogens is 2. The molecule has 0 fully saturated rings. The number of hydrogen-bond donors (Lipinski definition) is 1. The van der Waals surface area contributed by atoms with Crippen LogP contribution in [0.5, 0.6) is 5.75 Å². The third-order valence-electron chi connectivity index (χ3n) is 4.33. The van der Waals surface area contributed by atoms with E-state index in [1.54, 1.807) is 12.1 Å². The first-order chi connectivity index (χ1) is 12.3. The fraction of sp³-hybridized carbons (Fsp3) is 0.0952. The van der Waals surface area contributed by atoms with Crippen molar-refractivity contribution < 1.29 is 5.11 Å². The summed E-state index contributed by atoms with van der Waals surface area (Å²) in [7, 11) is 0. The Morgan fingerprint density at radius 3 is 2.52 bits per heavy atom. The molecule has 0 bridgehead atoms. The first kappa shape index (κ1) is 15.3. The molecule has 25 heavy (non-hydrogen) atoms. The van der Waals surface area contributed by atoms with E-state index in [0.717, 1.165) is 29.6 Å². The van der Waals surface area contributed by atoms with Gasteiger partial charge in [0.15, 0.2) is 0 Å². The number of hydrogen-bond acceptors (Lipinski definition) is 3. The molecule has 0 aliphatic heterocycles. The summed E-state index contributed by atoms with van der Waals surface area (Å²) in [6, 6.07) is 22.0. The monoisotopic (exact) mass is 329 g/mol. The van der Waals surface area contributed by atoms with Crippen LogP contribution in [0.25, 0.3) is 10.9 Å². The van der Waals surface area contributed by atoms with Crippen LogP contribution in [-0.4, -0.2) is 21.3 Å². The van der Waals surface area contributed by atoms with Crippen LogP contribution in [0.1, 0.15) is 5.56 Å². The van der Waals surface area contributed by atoms with Gasteiger partial charge in [0, 0.05) is 30.5 Å². The van der Waals surface area contributed by atoms with Crippen molar-refractivity contribution >= 4 is 16.6 Å². The Labute approximate surface area is 146 Å². The smallest absolute Gasteiger partial charge is 0.116 e. The van der Waals surface area contributed by atoms with Crippen molar-refractivity contribution in [1.29, 1.82) is 0 Å². The molecule has 0 atom stereocenters. The highest BCUT2D eigenvalue weighted by Gasteiger charge is 2.12. The summed E-state index contributed by atoms with van der Waals surface area (Å²) in [4.78, 5) is 4.13. The zero-order valence-corrected chi connectivity index (χ0v) is 13.8. The summed E-state index contributed by atoms with van der Waals surface area (Å²) in [5.41, 5.74) is 3.44. The molecular formula is C21H19N3O. The Morgan fingerprint density at radius 2 is 1.72 bits per heavy atom. The van der Waals surface area contributed by atoms with Gasteiger partial charge in [0.25, 0.3) is 0 Å². The predicted molar refractivity (Wildman–Crippen MR) is 101 cm³/mol. The first-order valence-corrected chi connectivity index (χ1v) is 8.33. The number of pyridine rings is 1. The molecule has 2 aromatic carbocycles. The van der Waals surface area contributed by atoms with Gasteiger partial charge in [-0.1, -0.05) is 30.3 Å². The fourth-order valence-electron chi connectivity index (χ4n) is 3.08. The van der Waals surface area contributed by atoms with E-state index < -0.39 is 0 Å². The zero-order valence-electron chi connectivity index (χ0n) is 13.8. The second kappa shape index (κ2) is 6.69. The number of phenols is 1. The lowest BCUT2D eigenvalue weighted by Crippen LogP contribution is -2.31. The highest BCUT2D eigenvalue weighted by molar-refractivity contribution is 5.82. The molecule has 0 amide bonds. The van der Waals surface area contributed by atoms with Gasteiger partial charge in [-0.05, 0) is 48.4 Å². The van der Waals surface area contributed by atoms with Crippen molar-refractivity contribution in [3.63, 3.8) is 0 Å². The molecule has 4 heteroatoms. The van der Waals surface area contributed by atoms with Gasteiger partial charge in [0.05, 0.1) is 11.2 Å². The highest BCUT2D eigenvalue weighted by atomic mass is 16.3. The number of rotatable bonds is 5. The van der Waals surface area contributed by atoms with Crippen LogP contribution >= 0.6 is 0 Å². The summed E-state index contributed by atoms with van der Waals surface area (Å²) < 4.78 is 2.13. The second-order valence-electron chi connectivity index (χ2n) is 5.97. The van der Waals surface area contributed by atoms with Crippen molar-refractivity contribution in [3.05, 3.63) is 90.9 Å². The molecular weight excluding hydrogens is 310 g/mol. The maximum absolute atomic E-state index is 9.72. The van der Waals surface area contributed by atoms with E-state index in [0.29, 0.717) is 0 Å². The molecule has 1 N–H and O–H groups in total. The lowest BCUT2D eigenvalue weighted by molar-refractivity contribution is 0.476. The molecule has 4 rings (SSSR count). The lowest BCUT2D eigenvalue weighted by atomic mass is 10.1. The summed E-state index contributed by atoms with van der Waals surface area (Å²) in [5.74, 6) is 0.282. The van der Waals surface area contributed by atoms with E-state index in [4.69, 9.17) is 0 Å². The average molecular weight is 329 g/mol. The van der Waals surface area contributed by atoms with Crippen molar-refractivity contribution in [2.24, 2.45) is 0 Å². The molecule has 0 aliphatic carbocycles. The van der Waals surface area contributed by atoms with Gasteiger partial charge in [-0.2, -0.15) is 0 Å². The summed E-state index contributed by atoms with van der Waals surface area (Å²) >= 11 is 0. The molecule has 0 saturated carbocycles. The molecule has 4 aromatic rings. The van der Waals surface area contributed by atoms with Crippen LogP contribution in [0, 0.1) is 0 Å². The largest absolute Gasteiger partial charge is 0.508 e. The van der Waals surface area contributed by atoms with Gasteiger partial charge in [-0.3, -0.25) is 14.7 Å². The standard InChI is InChI=1S/C21H19N3O/c25-20-6-7-21-18(16-20)11-15-24(21)23(19-8-12-22-13-9-19)14-10-17-4-2-1-3-5-17/h1-9,11-13,15-16,25H,10,14H2. The quantitative estimate of drug-likeness (QED) is 0.595. The van der Waals surface area contributed by atoms with Gasteiger partial charge < -0.3 is 5.11 Å². The maximum Gasteiger partial charge on any atom is 0.116 e. The van der Waals surface area contributed by atoms with Crippen LogP contribution in [0.3, 0.4) is 0 Å². The third kappa shape index (κ3) is 3.19. The minimum Gasteiger partial charge on any atom is -0.508 e. The minimum absolute atomic E-state index is 0.282. The maximum atomic E-state index is 9.72. The van der Waals surface area contributed by atoms with E-state index in [2.05, 4.69) is 38.9 Å². The Balaban J connectivity index is 1.72. The molecule has 0 saturated heterocycles. The van der Waals surface area contributed by atoms with E-state index in [1.807, 2.05) is 48.9 Å². The lowest BCUT2D eigenvalue weighted by Gasteiger charge is -2.27. The number of nitrogens with zero attached hydrogens (tertiary/aromatic N) is 3. The topological polar surface area (TPSA) is 41.3 Å². The molecule has 0 spiro atoms. The van der Waals surface area contributed by atoms with Crippen molar-refractivity contribution in [1.82, 2.24) is 9.66 Å². The average Bonchev–Trinajstić information content (AvgIpc) is 3.06. The molecule has 2 aromatic heterocycles. The van der Waals surface area contributed by atoms with Crippen LogP contribution in [-0.2, 0) is 6.42 Å². The number of anilines is 1. The molecule has 124 valence electrons. The molecule has 0 unspecified atom stereocenters. The number of aromatic hydroxyl groups is 1. The number of fused-ring (bicyclic) bond motifs is 1. The number of phenolic OH excluding ortho intramolecular Hbond substituents is 1. The van der Waals surface area contributed by atoms with Crippen molar-refractivity contribution in [2.45, 2.75) is 6.42 Å². The van der Waals surface area contributed by atoms with E-state index >= 15 is 0 Å². The molecule has 0 radical (unpaired) electrons. The summed E-state index contributed by atoms with van der Waals surface area (Å²) in [6.45, 7) is 0.832. The molecule has 4 nitrogen and oxygen atoms in total. The fourth-order valence-corrected chi connectivity index (χ4v) is 3.08. The van der Waals surface area contributed by atoms with Crippen molar-refractivity contribution in [3.8, 4) is 5.75 Å². The zero-order chi connectivity index (χ0) is 17.1. The van der Waals surface area contributed by atoms with E-state index in [-0.39, 0.29) is 5.75 Å². The van der Waals surface area contributed by atoms with Gasteiger partial charge in [-0.15, -0.1) is 0 Å². The normalized spacial score (nSPS) is 10.9. The van der Waals surface area contributed by atoms with Crippen LogP contribution in [0.15, 0.2) is 85.3 Å².